The molecular formula is C17H26N2O2. The summed E-state index contributed by atoms with van der Waals surface area (Å²) in [5, 5.41) is 12.6. The second kappa shape index (κ2) is 9.25. The zero-order valence-electron chi connectivity index (χ0n) is 13.5. The van der Waals surface area contributed by atoms with Gasteiger partial charge in [0.1, 0.15) is 6.04 Å². The smallest absolute Gasteiger partial charge is 0.161 e. The van der Waals surface area contributed by atoms with Crippen LogP contribution in [0.1, 0.15) is 45.2 Å². The summed E-state index contributed by atoms with van der Waals surface area (Å²) in [4.78, 5) is 0. The quantitative estimate of drug-likeness (QED) is 0.753. The Kier molecular flexibility index (Phi) is 7.63. The van der Waals surface area contributed by atoms with E-state index in [1.54, 1.807) is 7.11 Å². The molecule has 1 unspecified atom stereocenters. The first-order valence-corrected chi connectivity index (χ1v) is 7.56. The summed E-state index contributed by atoms with van der Waals surface area (Å²) in [5.74, 6) is 2.02. The van der Waals surface area contributed by atoms with Crippen molar-refractivity contribution in [2.75, 3.05) is 20.3 Å². The monoisotopic (exact) mass is 290 g/mol. The van der Waals surface area contributed by atoms with Crippen LogP contribution in [0.3, 0.4) is 0 Å². The molecular weight excluding hydrogens is 264 g/mol. The van der Waals surface area contributed by atoms with Crippen LogP contribution >= 0.6 is 0 Å². The Hall–Kier alpha value is -1.73. The van der Waals surface area contributed by atoms with Crippen LogP contribution in [0.2, 0.25) is 0 Å². The summed E-state index contributed by atoms with van der Waals surface area (Å²) in [6.45, 7) is 7.89. The summed E-state index contributed by atoms with van der Waals surface area (Å²) in [6.07, 6.45) is 2.00. The van der Waals surface area contributed by atoms with Crippen molar-refractivity contribution in [3.8, 4) is 17.6 Å². The molecule has 0 fully saturated rings. The molecule has 0 radical (unpaired) electrons. The first kappa shape index (κ1) is 17.3. The summed E-state index contributed by atoms with van der Waals surface area (Å²) in [6, 6.07) is 7.65. The van der Waals surface area contributed by atoms with Gasteiger partial charge in [-0.25, -0.2) is 0 Å². The molecule has 1 atom stereocenters. The first-order valence-electron chi connectivity index (χ1n) is 7.56. The van der Waals surface area contributed by atoms with E-state index in [9.17, 15) is 5.26 Å². The maximum absolute atomic E-state index is 9.33. The number of nitriles is 1. The molecule has 1 aromatic carbocycles. The Balaban J connectivity index is 2.78. The second-order valence-corrected chi connectivity index (χ2v) is 5.46. The molecule has 1 N–H and O–H groups in total. The molecule has 116 valence electrons. The fourth-order valence-corrected chi connectivity index (χ4v) is 1.95. The second-order valence-electron chi connectivity index (χ2n) is 5.46. The average Bonchev–Trinajstić information content (AvgIpc) is 2.49. The molecule has 0 aromatic heterocycles. The molecule has 0 aliphatic carbocycles. The van der Waals surface area contributed by atoms with E-state index in [-0.39, 0.29) is 6.04 Å². The standard InChI is InChI=1S/C17H26N2O2/c1-5-10-21-16-7-6-14(11-17(16)20-4)15(12-18)19-9-8-13(2)3/h6-7,11,13,15,19H,5,8-10H2,1-4H3. The predicted octanol–water partition coefficient (Wildman–Crippen LogP) is 3.68. The molecule has 0 saturated carbocycles. The Morgan fingerprint density at radius 2 is 2.05 bits per heavy atom. The third kappa shape index (κ3) is 5.65. The third-order valence-electron chi connectivity index (χ3n) is 3.18. The van der Waals surface area contributed by atoms with Crippen LogP contribution in [0.5, 0.6) is 11.5 Å². The maximum Gasteiger partial charge on any atom is 0.161 e. The SMILES string of the molecule is CCCOc1ccc(C(C#N)NCCC(C)C)cc1OC. The van der Waals surface area contributed by atoms with Crippen LogP contribution < -0.4 is 14.8 Å². The fraction of sp³-hybridized carbons (Fsp3) is 0.588. The van der Waals surface area contributed by atoms with Gasteiger partial charge in [-0.2, -0.15) is 5.26 Å². The topological polar surface area (TPSA) is 54.3 Å². The van der Waals surface area contributed by atoms with Crippen molar-refractivity contribution < 1.29 is 9.47 Å². The van der Waals surface area contributed by atoms with Crippen molar-refractivity contribution in [2.45, 2.75) is 39.7 Å². The van der Waals surface area contributed by atoms with Crippen molar-refractivity contribution in [2.24, 2.45) is 5.92 Å². The molecule has 1 aromatic rings. The van der Waals surface area contributed by atoms with E-state index in [2.05, 4.69) is 32.2 Å². The van der Waals surface area contributed by atoms with Crippen molar-refractivity contribution in [1.29, 1.82) is 5.26 Å². The minimum Gasteiger partial charge on any atom is -0.493 e. The molecule has 21 heavy (non-hydrogen) atoms. The van der Waals surface area contributed by atoms with Crippen LogP contribution in [0.4, 0.5) is 0 Å². The highest BCUT2D eigenvalue weighted by Crippen LogP contribution is 2.30. The molecule has 0 amide bonds. The van der Waals surface area contributed by atoms with Gasteiger partial charge < -0.3 is 9.47 Å². The van der Waals surface area contributed by atoms with E-state index in [1.807, 2.05) is 18.2 Å². The number of ether oxygens (including phenoxy) is 2. The number of rotatable bonds is 9. The van der Waals surface area contributed by atoms with Gasteiger partial charge in [0.25, 0.3) is 0 Å². The van der Waals surface area contributed by atoms with Gasteiger partial charge in [-0.1, -0.05) is 26.8 Å². The zero-order valence-corrected chi connectivity index (χ0v) is 13.5. The molecule has 0 saturated heterocycles. The highest BCUT2D eigenvalue weighted by molar-refractivity contribution is 5.44. The largest absolute Gasteiger partial charge is 0.493 e. The van der Waals surface area contributed by atoms with Crippen molar-refractivity contribution in [3.63, 3.8) is 0 Å². The van der Waals surface area contributed by atoms with E-state index in [1.165, 1.54) is 0 Å². The molecule has 4 nitrogen and oxygen atoms in total. The van der Waals surface area contributed by atoms with Gasteiger partial charge >= 0.3 is 0 Å². The van der Waals surface area contributed by atoms with Crippen LogP contribution in [0, 0.1) is 17.2 Å². The van der Waals surface area contributed by atoms with Gasteiger partial charge in [-0.15, -0.1) is 0 Å². The van der Waals surface area contributed by atoms with E-state index in [4.69, 9.17) is 9.47 Å². The zero-order chi connectivity index (χ0) is 15.7. The minimum absolute atomic E-state index is 0.321. The van der Waals surface area contributed by atoms with E-state index >= 15 is 0 Å². The normalized spacial score (nSPS) is 12.0. The number of benzene rings is 1. The molecule has 0 aliphatic heterocycles. The maximum atomic E-state index is 9.33. The fourth-order valence-electron chi connectivity index (χ4n) is 1.95. The van der Waals surface area contributed by atoms with Gasteiger partial charge in [0, 0.05) is 0 Å². The van der Waals surface area contributed by atoms with Gasteiger partial charge in [0.2, 0.25) is 0 Å². The Labute approximate surface area is 128 Å². The molecule has 0 heterocycles. The summed E-state index contributed by atoms with van der Waals surface area (Å²) >= 11 is 0. The Morgan fingerprint density at radius 3 is 2.62 bits per heavy atom. The number of hydrogen-bond donors (Lipinski definition) is 1. The van der Waals surface area contributed by atoms with Crippen molar-refractivity contribution >= 4 is 0 Å². The molecule has 4 heteroatoms. The molecule has 0 spiro atoms. The van der Waals surface area contributed by atoms with E-state index in [0.29, 0.717) is 18.3 Å². The lowest BCUT2D eigenvalue weighted by Crippen LogP contribution is -2.22. The van der Waals surface area contributed by atoms with Crippen LogP contribution in [0.25, 0.3) is 0 Å². The number of hydrogen-bond acceptors (Lipinski definition) is 4. The third-order valence-corrected chi connectivity index (χ3v) is 3.18. The lowest BCUT2D eigenvalue weighted by Gasteiger charge is -2.16. The highest BCUT2D eigenvalue weighted by Gasteiger charge is 2.13. The predicted molar refractivity (Wildman–Crippen MR) is 84.6 cm³/mol. The van der Waals surface area contributed by atoms with Gasteiger partial charge in [0.15, 0.2) is 11.5 Å². The summed E-state index contributed by atoms with van der Waals surface area (Å²) in [5.41, 5.74) is 0.905. The lowest BCUT2D eigenvalue weighted by molar-refractivity contribution is 0.294. The highest BCUT2D eigenvalue weighted by atomic mass is 16.5. The molecule has 0 aliphatic rings. The minimum atomic E-state index is -0.321. The van der Waals surface area contributed by atoms with Crippen LogP contribution in [-0.2, 0) is 0 Å². The first-order chi connectivity index (χ1) is 10.1. The van der Waals surface area contributed by atoms with Crippen molar-refractivity contribution in [3.05, 3.63) is 23.8 Å². The van der Waals surface area contributed by atoms with Crippen LogP contribution in [-0.4, -0.2) is 20.3 Å². The lowest BCUT2D eigenvalue weighted by atomic mass is 10.1. The number of nitrogens with zero attached hydrogens (tertiary/aromatic N) is 1. The number of nitrogens with one attached hydrogen (secondary N) is 1. The van der Waals surface area contributed by atoms with Crippen LogP contribution in [0.15, 0.2) is 18.2 Å². The average molecular weight is 290 g/mol. The summed E-state index contributed by atoms with van der Waals surface area (Å²) < 4.78 is 11.0. The van der Waals surface area contributed by atoms with Gasteiger partial charge in [-0.05, 0) is 43.0 Å². The summed E-state index contributed by atoms with van der Waals surface area (Å²) in [7, 11) is 1.62. The molecule has 0 bridgehead atoms. The van der Waals surface area contributed by atoms with E-state index < -0.39 is 0 Å². The number of methoxy groups -OCH3 is 1. The van der Waals surface area contributed by atoms with Gasteiger partial charge in [0.05, 0.1) is 19.8 Å². The molecule has 1 rings (SSSR count). The van der Waals surface area contributed by atoms with Crippen molar-refractivity contribution in [1.82, 2.24) is 5.32 Å². The Bertz CT molecular complexity index is 466. The van der Waals surface area contributed by atoms with Gasteiger partial charge in [-0.3, -0.25) is 5.32 Å². The Morgan fingerprint density at radius 1 is 1.29 bits per heavy atom. The van der Waals surface area contributed by atoms with E-state index in [0.717, 1.165) is 30.7 Å².